The first-order chi connectivity index (χ1) is 16.4. The van der Waals surface area contributed by atoms with Gasteiger partial charge in [0.25, 0.3) is 5.91 Å². The summed E-state index contributed by atoms with van der Waals surface area (Å²) in [5.74, 6) is 0.643. The highest BCUT2D eigenvalue weighted by molar-refractivity contribution is 7.80. The van der Waals surface area contributed by atoms with E-state index in [4.69, 9.17) is 12.2 Å². The van der Waals surface area contributed by atoms with Crippen LogP contribution in [0.3, 0.4) is 0 Å². The summed E-state index contributed by atoms with van der Waals surface area (Å²) in [7, 11) is 1.87. The van der Waals surface area contributed by atoms with E-state index in [0.717, 1.165) is 42.6 Å². The molecule has 2 fully saturated rings. The molecule has 2 aromatic heterocycles. The van der Waals surface area contributed by atoms with E-state index in [2.05, 4.69) is 31.9 Å². The average Bonchev–Trinajstić information content (AvgIpc) is 3.71. The van der Waals surface area contributed by atoms with Crippen molar-refractivity contribution in [2.24, 2.45) is 18.9 Å². The molecule has 2 aromatic rings. The fourth-order valence-electron chi connectivity index (χ4n) is 4.31. The maximum absolute atomic E-state index is 13.2. The predicted octanol–water partition coefficient (Wildman–Crippen LogP) is 2.63. The van der Waals surface area contributed by atoms with Gasteiger partial charge in [-0.05, 0) is 75.6 Å². The zero-order valence-electron chi connectivity index (χ0n) is 19.5. The minimum absolute atomic E-state index is 0.0339. The molecule has 2 amide bonds. The van der Waals surface area contributed by atoms with Crippen LogP contribution in [0.2, 0.25) is 0 Å². The second-order valence-electron chi connectivity index (χ2n) is 9.59. The van der Waals surface area contributed by atoms with Crippen molar-refractivity contribution < 1.29 is 9.59 Å². The van der Waals surface area contributed by atoms with Crippen LogP contribution in [0.1, 0.15) is 58.6 Å². The predicted molar refractivity (Wildman–Crippen MR) is 137 cm³/mol. The number of hydrogen-bond acceptors (Lipinski definition) is 6. The van der Waals surface area contributed by atoms with Gasteiger partial charge in [-0.25, -0.2) is 0 Å². The summed E-state index contributed by atoms with van der Waals surface area (Å²) in [6, 6.07) is 0.0980. The molecule has 1 atom stereocenters. The average molecular weight is 502 g/mol. The third-order valence-corrected chi connectivity index (χ3v) is 8.01. The zero-order valence-corrected chi connectivity index (χ0v) is 21.1. The SMILES string of the molecule is Cc1nn(C)cc1NNC(=S)N[C@H]1CCc2sc(NC(=O)C3CC3)c(C(=O)NCC3CC3)c2C1. The van der Waals surface area contributed by atoms with Gasteiger partial charge in [-0.15, -0.1) is 11.3 Å². The summed E-state index contributed by atoms with van der Waals surface area (Å²) in [5.41, 5.74) is 9.55. The van der Waals surface area contributed by atoms with Crippen molar-refractivity contribution in [1.29, 1.82) is 0 Å². The summed E-state index contributed by atoms with van der Waals surface area (Å²) in [6.45, 7) is 2.63. The van der Waals surface area contributed by atoms with E-state index in [1.54, 1.807) is 16.0 Å². The Kier molecular flexibility index (Phi) is 6.48. The van der Waals surface area contributed by atoms with Crippen LogP contribution in [-0.4, -0.2) is 39.3 Å². The van der Waals surface area contributed by atoms with Gasteiger partial charge >= 0.3 is 0 Å². The summed E-state index contributed by atoms with van der Waals surface area (Å²) in [4.78, 5) is 26.8. The molecule has 2 saturated carbocycles. The molecule has 3 aliphatic rings. The van der Waals surface area contributed by atoms with Crippen molar-refractivity contribution in [2.75, 3.05) is 17.3 Å². The minimum Gasteiger partial charge on any atom is -0.358 e. The zero-order chi connectivity index (χ0) is 23.8. The molecule has 0 bridgehead atoms. The second-order valence-corrected chi connectivity index (χ2v) is 11.1. The number of hydrazine groups is 1. The van der Waals surface area contributed by atoms with Gasteiger partial charge in [0.15, 0.2) is 5.11 Å². The Balaban J connectivity index is 1.26. The highest BCUT2D eigenvalue weighted by Gasteiger charge is 2.34. The van der Waals surface area contributed by atoms with E-state index < -0.39 is 0 Å². The van der Waals surface area contributed by atoms with Crippen molar-refractivity contribution in [3.63, 3.8) is 0 Å². The maximum atomic E-state index is 13.2. The van der Waals surface area contributed by atoms with Crippen LogP contribution in [0.4, 0.5) is 10.7 Å². The fraction of sp³-hybridized carbons (Fsp3) is 0.565. The molecule has 9 nitrogen and oxygen atoms in total. The first-order valence-electron chi connectivity index (χ1n) is 11.9. The number of thiocarbonyl (C=S) groups is 1. The molecule has 11 heteroatoms. The number of aryl methyl sites for hydroxylation is 3. The molecule has 0 radical (unpaired) electrons. The van der Waals surface area contributed by atoms with Gasteiger partial charge in [0.1, 0.15) is 5.00 Å². The minimum atomic E-state index is -0.0782. The van der Waals surface area contributed by atoms with Gasteiger partial charge in [-0.3, -0.25) is 25.1 Å². The van der Waals surface area contributed by atoms with E-state index in [0.29, 0.717) is 34.6 Å². The first-order valence-corrected chi connectivity index (χ1v) is 13.2. The Labute approximate surface area is 208 Å². The number of carbonyl (C=O) groups is 2. The molecule has 34 heavy (non-hydrogen) atoms. The molecule has 182 valence electrons. The number of aromatic nitrogens is 2. The Morgan fingerprint density at radius 2 is 2.03 bits per heavy atom. The van der Waals surface area contributed by atoms with E-state index in [9.17, 15) is 9.59 Å². The Hall–Kier alpha value is -2.66. The molecular formula is C23H31N7O2S2. The Morgan fingerprint density at radius 3 is 2.71 bits per heavy atom. The topological polar surface area (TPSA) is 112 Å². The van der Waals surface area contributed by atoms with Gasteiger partial charge in [-0.1, -0.05) is 0 Å². The molecular weight excluding hydrogens is 470 g/mol. The van der Waals surface area contributed by atoms with E-state index in [1.165, 1.54) is 17.7 Å². The highest BCUT2D eigenvalue weighted by atomic mass is 32.1. The molecule has 2 heterocycles. The molecule has 0 aliphatic heterocycles. The second kappa shape index (κ2) is 9.53. The molecule has 5 rings (SSSR count). The normalized spacial score (nSPS) is 19.2. The van der Waals surface area contributed by atoms with Crippen LogP contribution in [0.25, 0.3) is 0 Å². The monoisotopic (exact) mass is 501 g/mol. The van der Waals surface area contributed by atoms with Crippen LogP contribution in [-0.2, 0) is 24.7 Å². The maximum Gasteiger partial charge on any atom is 0.254 e. The van der Waals surface area contributed by atoms with Crippen molar-refractivity contribution >= 4 is 51.2 Å². The van der Waals surface area contributed by atoms with Crippen LogP contribution >= 0.6 is 23.6 Å². The lowest BCUT2D eigenvalue weighted by Gasteiger charge is -2.25. The number of rotatable bonds is 8. The lowest BCUT2D eigenvalue weighted by atomic mass is 9.91. The summed E-state index contributed by atoms with van der Waals surface area (Å²) >= 11 is 7.05. The lowest BCUT2D eigenvalue weighted by Crippen LogP contribution is -2.46. The standard InChI is InChI=1S/C23H31N7O2S2/c1-12-17(11-30(2)29-12)27-28-23(33)25-15-7-8-18-16(9-15)19(21(32)24-10-13-3-4-13)22(34-18)26-20(31)14-5-6-14/h11,13-15,27H,3-10H2,1-2H3,(H,24,32)(H,26,31)(H2,25,28,33)/t15-/m0/s1. The number of thiophene rings is 1. The van der Waals surface area contributed by atoms with E-state index in [1.807, 2.05) is 20.2 Å². The van der Waals surface area contributed by atoms with Crippen LogP contribution in [0.15, 0.2) is 6.20 Å². The third kappa shape index (κ3) is 5.35. The van der Waals surface area contributed by atoms with E-state index >= 15 is 0 Å². The molecule has 0 spiro atoms. The van der Waals surface area contributed by atoms with Crippen molar-refractivity contribution in [3.05, 3.63) is 27.9 Å². The van der Waals surface area contributed by atoms with Crippen molar-refractivity contribution in [2.45, 2.75) is 57.9 Å². The summed E-state index contributed by atoms with van der Waals surface area (Å²) in [5, 5.41) is 15.0. The highest BCUT2D eigenvalue weighted by Crippen LogP contribution is 2.40. The van der Waals surface area contributed by atoms with E-state index in [-0.39, 0.29) is 23.8 Å². The van der Waals surface area contributed by atoms with Crippen molar-refractivity contribution in [3.8, 4) is 0 Å². The number of nitrogens with one attached hydrogen (secondary N) is 5. The number of carbonyl (C=O) groups excluding carboxylic acids is 2. The largest absolute Gasteiger partial charge is 0.358 e. The Bertz CT molecular complexity index is 1120. The molecule has 0 saturated heterocycles. The molecule has 3 aliphatic carbocycles. The first kappa shape index (κ1) is 23.1. The summed E-state index contributed by atoms with van der Waals surface area (Å²) < 4.78 is 1.74. The van der Waals surface area contributed by atoms with Gasteiger partial charge in [-0.2, -0.15) is 5.10 Å². The fourth-order valence-corrected chi connectivity index (χ4v) is 5.77. The third-order valence-electron chi connectivity index (χ3n) is 6.58. The smallest absolute Gasteiger partial charge is 0.254 e. The Morgan fingerprint density at radius 1 is 1.24 bits per heavy atom. The number of fused-ring (bicyclic) bond motifs is 1. The van der Waals surface area contributed by atoms with Crippen molar-refractivity contribution in [1.82, 2.24) is 25.8 Å². The number of anilines is 2. The number of amides is 2. The number of hydrogen-bond donors (Lipinski definition) is 5. The van der Waals surface area contributed by atoms with Gasteiger partial charge < -0.3 is 16.0 Å². The van der Waals surface area contributed by atoms with Gasteiger partial charge in [0.05, 0.1) is 16.9 Å². The molecule has 0 unspecified atom stereocenters. The van der Waals surface area contributed by atoms with Crippen LogP contribution in [0, 0.1) is 18.8 Å². The molecule has 5 N–H and O–H groups in total. The molecule has 0 aromatic carbocycles. The van der Waals surface area contributed by atoms with Crippen LogP contribution in [0.5, 0.6) is 0 Å². The number of nitrogens with zero attached hydrogens (tertiary/aromatic N) is 2. The van der Waals surface area contributed by atoms with Gasteiger partial charge in [0.2, 0.25) is 5.91 Å². The summed E-state index contributed by atoms with van der Waals surface area (Å²) in [6.07, 6.45) is 8.54. The van der Waals surface area contributed by atoms with Gasteiger partial charge in [0, 0.05) is 36.6 Å². The van der Waals surface area contributed by atoms with Crippen LogP contribution < -0.4 is 26.8 Å². The quantitative estimate of drug-likeness (QED) is 0.279. The lowest BCUT2D eigenvalue weighted by molar-refractivity contribution is -0.117.